The zero-order chi connectivity index (χ0) is 15.8. The van der Waals surface area contributed by atoms with Crippen molar-refractivity contribution >= 4 is 11.0 Å². The lowest BCUT2D eigenvalue weighted by Gasteiger charge is -2.26. The average Bonchev–Trinajstić information content (AvgIpc) is 3.10. The van der Waals surface area contributed by atoms with Crippen LogP contribution in [0.4, 0.5) is 0 Å². The second kappa shape index (κ2) is 5.79. The second-order valence-corrected chi connectivity index (χ2v) is 6.21. The Kier molecular flexibility index (Phi) is 3.63. The summed E-state index contributed by atoms with van der Waals surface area (Å²) < 4.78 is 9.89. The number of nitrogens with zero attached hydrogens (tertiary/aromatic N) is 4. The molecular weight excluding hydrogens is 290 g/mol. The fourth-order valence-corrected chi connectivity index (χ4v) is 3.23. The SMILES string of the molecule is Cc1ccc2c(c1)nc1n2C(CNCc2cnn(C)c2)COC1. The molecule has 0 amide bonds. The molecule has 1 atom stereocenters. The van der Waals surface area contributed by atoms with Crippen molar-refractivity contribution < 1.29 is 4.74 Å². The van der Waals surface area contributed by atoms with Crippen LogP contribution in [0.2, 0.25) is 0 Å². The first-order valence-electron chi connectivity index (χ1n) is 7.94. The summed E-state index contributed by atoms with van der Waals surface area (Å²) in [7, 11) is 1.93. The Morgan fingerprint density at radius 2 is 2.30 bits per heavy atom. The van der Waals surface area contributed by atoms with Gasteiger partial charge in [-0.05, 0) is 24.6 Å². The number of aromatic nitrogens is 4. The fraction of sp³-hybridized carbons (Fsp3) is 0.412. The van der Waals surface area contributed by atoms with Crippen LogP contribution in [0.3, 0.4) is 0 Å². The largest absolute Gasteiger partial charge is 0.371 e. The smallest absolute Gasteiger partial charge is 0.136 e. The third kappa shape index (κ3) is 2.75. The highest BCUT2D eigenvalue weighted by Gasteiger charge is 2.23. The zero-order valence-corrected chi connectivity index (χ0v) is 13.5. The maximum atomic E-state index is 5.74. The molecule has 4 rings (SSSR count). The summed E-state index contributed by atoms with van der Waals surface area (Å²) >= 11 is 0. The van der Waals surface area contributed by atoms with Crippen LogP contribution in [0.5, 0.6) is 0 Å². The van der Waals surface area contributed by atoms with Crippen molar-refractivity contribution in [2.24, 2.45) is 7.05 Å². The molecule has 1 aromatic carbocycles. The molecule has 6 nitrogen and oxygen atoms in total. The summed E-state index contributed by atoms with van der Waals surface area (Å²) in [4.78, 5) is 4.73. The Morgan fingerprint density at radius 1 is 1.39 bits per heavy atom. The van der Waals surface area contributed by atoms with Crippen LogP contribution in [0.25, 0.3) is 11.0 Å². The molecule has 0 bridgehead atoms. The molecule has 0 saturated carbocycles. The van der Waals surface area contributed by atoms with Crippen molar-refractivity contribution in [2.45, 2.75) is 26.1 Å². The molecule has 0 aliphatic carbocycles. The lowest BCUT2D eigenvalue weighted by Crippen LogP contribution is -2.32. The van der Waals surface area contributed by atoms with Gasteiger partial charge in [-0.1, -0.05) is 6.07 Å². The maximum absolute atomic E-state index is 5.74. The van der Waals surface area contributed by atoms with Gasteiger partial charge in [-0.25, -0.2) is 4.98 Å². The highest BCUT2D eigenvalue weighted by Crippen LogP contribution is 2.26. The van der Waals surface area contributed by atoms with E-state index in [1.807, 2.05) is 24.1 Å². The van der Waals surface area contributed by atoms with E-state index in [0.29, 0.717) is 13.2 Å². The number of hydrogen-bond donors (Lipinski definition) is 1. The van der Waals surface area contributed by atoms with Gasteiger partial charge in [0.1, 0.15) is 12.4 Å². The van der Waals surface area contributed by atoms with Crippen molar-refractivity contribution in [3.63, 3.8) is 0 Å². The fourth-order valence-electron chi connectivity index (χ4n) is 3.23. The number of hydrogen-bond acceptors (Lipinski definition) is 4. The Labute approximate surface area is 135 Å². The average molecular weight is 311 g/mol. The number of rotatable bonds is 4. The molecule has 0 spiro atoms. The van der Waals surface area contributed by atoms with Crippen LogP contribution < -0.4 is 5.32 Å². The van der Waals surface area contributed by atoms with Gasteiger partial charge in [-0.15, -0.1) is 0 Å². The summed E-state index contributed by atoms with van der Waals surface area (Å²) in [5.74, 6) is 1.02. The molecular formula is C17H21N5O. The van der Waals surface area contributed by atoms with E-state index in [1.54, 1.807) is 0 Å². The van der Waals surface area contributed by atoms with E-state index >= 15 is 0 Å². The normalized spacial score (nSPS) is 17.6. The van der Waals surface area contributed by atoms with Gasteiger partial charge in [0, 0.05) is 31.9 Å². The number of benzene rings is 1. The third-order valence-corrected chi connectivity index (χ3v) is 4.29. The third-order valence-electron chi connectivity index (χ3n) is 4.29. The quantitative estimate of drug-likeness (QED) is 0.800. The number of ether oxygens (including phenoxy) is 1. The molecule has 1 N–H and O–H groups in total. The standard InChI is InChI=1S/C17H21N5O/c1-12-3-4-16-15(5-12)20-17-11-23-10-14(22(16)17)8-18-6-13-7-19-21(2)9-13/h3-5,7,9,14,18H,6,8,10-11H2,1-2H3. The first-order valence-corrected chi connectivity index (χ1v) is 7.94. The van der Waals surface area contributed by atoms with E-state index in [9.17, 15) is 0 Å². The highest BCUT2D eigenvalue weighted by atomic mass is 16.5. The van der Waals surface area contributed by atoms with E-state index in [-0.39, 0.29) is 6.04 Å². The molecule has 1 aliphatic heterocycles. The van der Waals surface area contributed by atoms with Gasteiger partial charge in [0.05, 0.1) is 29.9 Å². The van der Waals surface area contributed by atoms with E-state index in [0.717, 1.165) is 24.4 Å². The molecule has 3 heterocycles. The zero-order valence-electron chi connectivity index (χ0n) is 13.5. The molecule has 0 radical (unpaired) electrons. The molecule has 1 aliphatic rings. The predicted molar refractivity (Wildman–Crippen MR) is 88.1 cm³/mol. The maximum Gasteiger partial charge on any atom is 0.136 e. The van der Waals surface area contributed by atoms with Gasteiger partial charge in [0.2, 0.25) is 0 Å². The Bertz CT molecular complexity index is 835. The van der Waals surface area contributed by atoms with Gasteiger partial charge in [-0.3, -0.25) is 4.68 Å². The van der Waals surface area contributed by atoms with Crippen molar-refractivity contribution in [1.82, 2.24) is 24.6 Å². The Hall–Kier alpha value is -2.18. The summed E-state index contributed by atoms with van der Waals surface area (Å²) in [6, 6.07) is 6.72. The Balaban J connectivity index is 1.54. The van der Waals surface area contributed by atoms with Crippen LogP contribution in [-0.4, -0.2) is 32.5 Å². The lowest BCUT2D eigenvalue weighted by atomic mass is 10.2. The molecule has 3 aromatic rings. The van der Waals surface area contributed by atoms with Gasteiger partial charge < -0.3 is 14.6 Å². The molecule has 2 aromatic heterocycles. The molecule has 120 valence electrons. The van der Waals surface area contributed by atoms with Crippen LogP contribution in [0, 0.1) is 6.92 Å². The number of imidazole rings is 1. The van der Waals surface area contributed by atoms with Crippen LogP contribution in [0.1, 0.15) is 23.0 Å². The predicted octanol–water partition coefficient (Wildman–Crippen LogP) is 1.94. The van der Waals surface area contributed by atoms with Gasteiger partial charge in [0.25, 0.3) is 0 Å². The second-order valence-electron chi connectivity index (χ2n) is 6.21. The molecule has 0 fully saturated rings. The summed E-state index contributed by atoms with van der Waals surface area (Å²) in [6.07, 6.45) is 3.93. The van der Waals surface area contributed by atoms with Crippen LogP contribution >= 0.6 is 0 Å². The lowest BCUT2D eigenvalue weighted by molar-refractivity contribution is 0.0564. The Morgan fingerprint density at radius 3 is 3.13 bits per heavy atom. The first kappa shape index (κ1) is 14.4. The van der Waals surface area contributed by atoms with E-state index in [1.165, 1.54) is 16.6 Å². The van der Waals surface area contributed by atoms with Gasteiger partial charge >= 0.3 is 0 Å². The summed E-state index contributed by atoms with van der Waals surface area (Å²) in [5, 5.41) is 7.71. The minimum atomic E-state index is 0.267. The molecule has 23 heavy (non-hydrogen) atoms. The van der Waals surface area contributed by atoms with Gasteiger partial charge in [0.15, 0.2) is 0 Å². The summed E-state index contributed by atoms with van der Waals surface area (Å²) in [5.41, 5.74) is 4.68. The van der Waals surface area contributed by atoms with E-state index < -0.39 is 0 Å². The monoisotopic (exact) mass is 311 g/mol. The van der Waals surface area contributed by atoms with Gasteiger partial charge in [-0.2, -0.15) is 5.10 Å². The van der Waals surface area contributed by atoms with Crippen molar-refractivity contribution in [3.8, 4) is 0 Å². The first-order chi connectivity index (χ1) is 11.2. The molecule has 1 unspecified atom stereocenters. The van der Waals surface area contributed by atoms with E-state index in [4.69, 9.17) is 9.72 Å². The summed E-state index contributed by atoms with van der Waals surface area (Å²) in [6.45, 7) is 5.06. The van der Waals surface area contributed by atoms with E-state index in [2.05, 4.69) is 40.1 Å². The van der Waals surface area contributed by atoms with Crippen molar-refractivity contribution in [3.05, 3.63) is 47.5 Å². The number of fused-ring (bicyclic) bond motifs is 3. The minimum Gasteiger partial charge on any atom is -0.371 e. The highest BCUT2D eigenvalue weighted by molar-refractivity contribution is 5.77. The van der Waals surface area contributed by atoms with Crippen molar-refractivity contribution in [1.29, 1.82) is 0 Å². The van der Waals surface area contributed by atoms with Crippen LogP contribution in [0.15, 0.2) is 30.6 Å². The minimum absolute atomic E-state index is 0.267. The molecule has 0 saturated heterocycles. The van der Waals surface area contributed by atoms with Crippen LogP contribution in [-0.2, 0) is 24.9 Å². The number of aryl methyl sites for hydroxylation is 2. The number of nitrogens with one attached hydrogen (secondary N) is 1. The molecule has 6 heteroatoms. The topological polar surface area (TPSA) is 56.9 Å². The van der Waals surface area contributed by atoms with Crippen molar-refractivity contribution in [2.75, 3.05) is 13.2 Å².